The van der Waals surface area contributed by atoms with Crippen LogP contribution in [0.3, 0.4) is 0 Å². The minimum absolute atomic E-state index is 0.176. The Morgan fingerprint density at radius 1 is 1.30 bits per heavy atom. The van der Waals surface area contributed by atoms with E-state index in [-0.39, 0.29) is 18.0 Å². The van der Waals surface area contributed by atoms with Crippen LogP contribution >= 0.6 is 0 Å². The Balaban J connectivity index is 1.98. The van der Waals surface area contributed by atoms with Crippen molar-refractivity contribution in [3.05, 3.63) is 48.0 Å². The van der Waals surface area contributed by atoms with Gasteiger partial charge in [-0.15, -0.1) is 0 Å². The number of aliphatic hydroxyl groups is 1. The number of furan rings is 1. The topological polar surface area (TPSA) is 87.4 Å². The van der Waals surface area contributed by atoms with Gasteiger partial charge in [0.15, 0.2) is 0 Å². The maximum Gasteiger partial charge on any atom is 0.255 e. The first kappa shape index (κ1) is 17.0. The van der Waals surface area contributed by atoms with Crippen LogP contribution in [0.2, 0.25) is 0 Å². The van der Waals surface area contributed by atoms with Crippen molar-refractivity contribution in [3.63, 3.8) is 0 Å². The lowest BCUT2D eigenvalue weighted by Crippen LogP contribution is -2.34. The molecule has 0 aliphatic heterocycles. The van der Waals surface area contributed by atoms with Crippen LogP contribution in [-0.2, 0) is 0 Å². The monoisotopic (exact) mass is 317 g/mol. The normalized spacial score (nSPS) is 13.6. The number of amides is 1. The molecule has 0 aromatic carbocycles. The van der Waals surface area contributed by atoms with Crippen molar-refractivity contribution < 1.29 is 14.3 Å². The molecule has 2 aromatic rings. The van der Waals surface area contributed by atoms with E-state index in [0.29, 0.717) is 23.6 Å². The summed E-state index contributed by atoms with van der Waals surface area (Å²) in [5, 5.41) is 16.1. The zero-order chi connectivity index (χ0) is 16.8. The van der Waals surface area contributed by atoms with Crippen molar-refractivity contribution in [2.45, 2.75) is 45.4 Å². The highest BCUT2D eigenvalue weighted by Gasteiger charge is 2.19. The number of carbonyl (C=O) groups is 1. The van der Waals surface area contributed by atoms with E-state index in [1.807, 2.05) is 20.8 Å². The molecule has 0 spiro atoms. The second-order valence-corrected chi connectivity index (χ2v) is 5.84. The van der Waals surface area contributed by atoms with Gasteiger partial charge in [-0.05, 0) is 45.0 Å². The first-order valence-corrected chi connectivity index (χ1v) is 7.71. The van der Waals surface area contributed by atoms with Crippen LogP contribution in [0.15, 0.2) is 41.1 Å². The zero-order valence-corrected chi connectivity index (χ0v) is 13.6. The highest BCUT2D eigenvalue weighted by atomic mass is 16.4. The summed E-state index contributed by atoms with van der Waals surface area (Å²) < 4.78 is 5.17. The fourth-order valence-corrected chi connectivity index (χ4v) is 2.27. The smallest absolute Gasteiger partial charge is 0.255 e. The van der Waals surface area contributed by atoms with Gasteiger partial charge in [0.25, 0.3) is 5.91 Å². The zero-order valence-electron chi connectivity index (χ0n) is 13.6. The Labute approximate surface area is 135 Å². The number of nitrogens with zero attached hydrogens (tertiary/aromatic N) is 1. The van der Waals surface area contributed by atoms with E-state index in [2.05, 4.69) is 15.6 Å². The summed E-state index contributed by atoms with van der Waals surface area (Å²) in [5.74, 6) is 0.828. The third-order valence-electron chi connectivity index (χ3n) is 3.30. The van der Waals surface area contributed by atoms with Crippen molar-refractivity contribution in [2.75, 3.05) is 5.32 Å². The number of nitrogens with one attached hydrogen (secondary N) is 2. The predicted octanol–water partition coefficient (Wildman–Crippen LogP) is 2.74. The molecule has 2 aromatic heterocycles. The number of carbonyl (C=O) groups excluding carboxylic acids is 1. The molecule has 2 rings (SSSR count). The molecule has 0 radical (unpaired) electrons. The molecule has 0 aliphatic carbocycles. The summed E-state index contributed by atoms with van der Waals surface area (Å²) in [6.07, 6.45) is 2.78. The molecule has 2 unspecified atom stereocenters. The molecule has 23 heavy (non-hydrogen) atoms. The average Bonchev–Trinajstić information content (AvgIpc) is 3.01. The molecule has 6 heteroatoms. The van der Waals surface area contributed by atoms with Crippen molar-refractivity contribution in [3.8, 4) is 0 Å². The van der Waals surface area contributed by atoms with Crippen molar-refractivity contribution in [1.29, 1.82) is 0 Å². The largest absolute Gasteiger partial charge is 0.467 e. The fraction of sp³-hybridized carbons (Fsp3) is 0.412. The lowest BCUT2D eigenvalue weighted by molar-refractivity contribution is 0.0903. The van der Waals surface area contributed by atoms with E-state index >= 15 is 0 Å². The van der Waals surface area contributed by atoms with Gasteiger partial charge in [-0.25, -0.2) is 4.98 Å². The van der Waals surface area contributed by atoms with Gasteiger partial charge in [0, 0.05) is 24.7 Å². The van der Waals surface area contributed by atoms with Crippen molar-refractivity contribution >= 4 is 11.7 Å². The first-order valence-electron chi connectivity index (χ1n) is 7.71. The molecule has 3 N–H and O–H groups in total. The minimum atomic E-state index is -0.748. The summed E-state index contributed by atoms with van der Waals surface area (Å²) in [7, 11) is 0. The highest BCUT2D eigenvalue weighted by molar-refractivity contribution is 5.98. The van der Waals surface area contributed by atoms with Crippen molar-refractivity contribution in [2.24, 2.45) is 0 Å². The first-order chi connectivity index (χ1) is 11.0. The van der Waals surface area contributed by atoms with Gasteiger partial charge >= 0.3 is 0 Å². The molecule has 0 fully saturated rings. The van der Waals surface area contributed by atoms with E-state index in [9.17, 15) is 9.90 Å². The van der Waals surface area contributed by atoms with E-state index in [0.717, 1.165) is 0 Å². The van der Waals surface area contributed by atoms with E-state index < -0.39 is 6.10 Å². The Bertz CT molecular complexity index is 626. The van der Waals surface area contributed by atoms with Crippen LogP contribution in [0.25, 0.3) is 0 Å². The molecule has 0 aliphatic rings. The Hall–Kier alpha value is -2.34. The molecular weight excluding hydrogens is 294 g/mol. The van der Waals surface area contributed by atoms with Crippen LogP contribution in [0, 0.1) is 0 Å². The van der Waals surface area contributed by atoms with Crippen molar-refractivity contribution in [1.82, 2.24) is 10.3 Å². The van der Waals surface area contributed by atoms with Crippen LogP contribution in [0.4, 0.5) is 5.82 Å². The lowest BCUT2D eigenvalue weighted by Gasteiger charge is -2.18. The molecular formula is C17H23N3O3. The number of hydrogen-bond donors (Lipinski definition) is 3. The van der Waals surface area contributed by atoms with Gasteiger partial charge in [0.1, 0.15) is 17.7 Å². The fourth-order valence-electron chi connectivity index (χ4n) is 2.27. The van der Waals surface area contributed by atoms with E-state index in [4.69, 9.17) is 4.42 Å². The van der Waals surface area contributed by atoms with Gasteiger partial charge in [0.2, 0.25) is 0 Å². The summed E-state index contributed by atoms with van der Waals surface area (Å²) in [6, 6.07) is 6.85. The van der Waals surface area contributed by atoms with Crippen LogP contribution in [-0.4, -0.2) is 28.1 Å². The third-order valence-corrected chi connectivity index (χ3v) is 3.30. The lowest BCUT2D eigenvalue weighted by atomic mass is 10.1. The maximum atomic E-state index is 12.4. The summed E-state index contributed by atoms with van der Waals surface area (Å²) >= 11 is 0. The van der Waals surface area contributed by atoms with Crippen LogP contribution < -0.4 is 10.6 Å². The van der Waals surface area contributed by atoms with E-state index in [1.165, 1.54) is 6.26 Å². The predicted molar refractivity (Wildman–Crippen MR) is 88.2 cm³/mol. The number of rotatable bonds is 7. The number of pyridine rings is 1. The Kier molecular flexibility index (Phi) is 5.76. The Morgan fingerprint density at radius 3 is 2.74 bits per heavy atom. The van der Waals surface area contributed by atoms with Gasteiger partial charge in [-0.2, -0.15) is 0 Å². The molecule has 1 amide bonds. The summed E-state index contributed by atoms with van der Waals surface area (Å²) in [4.78, 5) is 16.6. The molecule has 2 atom stereocenters. The second-order valence-electron chi connectivity index (χ2n) is 5.84. The molecule has 0 saturated carbocycles. The standard InChI is InChI=1S/C17H23N3O3/c1-11(2)19-16-13(6-4-8-18-16)17(22)20-12(3)10-14(21)15-7-5-9-23-15/h4-9,11-12,14,21H,10H2,1-3H3,(H,18,19)(H,20,22). The SMILES string of the molecule is CC(C)Nc1ncccc1C(=O)NC(C)CC(O)c1ccco1. The van der Waals surface area contributed by atoms with Gasteiger partial charge in [-0.1, -0.05) is 0 Å². The molecule has 0 saturated heterocycles. The highest BCUT2D eigenvalue weighted by Crippen LogP contribution is 2.19. The molecule has 124 valence electrons. The average molecular weight is 317 g/mol. The summed E-state index contributed by atoms with van der Waals surface area (Å²) in [6.45, 7) is 5.81. The quantitative estimate of drug-likeness (QED) is 0.731. The summed E-state index contributed by atoms with van der Waals surface area (Å²) in [5.41, 5.74) is 0.487. The van der Waals surface area contributed by atoms with Gasteiger partial charge < -0.3 is 20.2 Å². The number of aliphatic hydroxyl groups excluding tert-OH is 1. The Morgan fingerprint density at radius 2 is 2.09 bits per heavy atom. The third kappa shape index (κ3) is 4.82. The number of hydrogen-bond acceptors (Lipinski definition) is 5. The molecule has 2 heterocycles. The van der Waals surface area contributed by atoms with Gasteiger partial charge in [0.05, 0.1) is 11.8 Å². The van der Waals surface area contributed by atoms with Gasteiger partial charge in [-0.3, -0.25) is 4.79 Å². The van der Waals surface area contributed by atoms with Crippen LogP contribution in [0.1, 0.15) is 49.4 Å². The van der Waals surface area contributed by atoms with Crippen LogP contribution in [0.5, 0.6) is 0 Å². The number of anilines is 1. The van der Waals surface area contributed by atoms with E-state index in [1.54, 1.807) is 30.5 Å². The molecule has 6 nitrogen and oxygen atoms in total. The minimum Gasteiger partial charge on any atom is -0.467 e. The maximum absolute atomic E-state index is 12.4. The second kappa shape index (κ2) is 7.78. The number of aromatic nitrogens is 1. The molecule has 0 bridgehead atoms.